The number of benzene rings is 1. The molecule has 0 bridgehead atoms. The average molecular weight is 247 g/mol. The maximum atomic E-state index is 12.6. The van der Waals surface area contributed by atoms with E-state index in [1.165, 1.54) is 12.1 Å². The van der Waals surface area contributed by atoms with Crippen LogP contribution in [0.3, 0.4) is 0 Å². The zero-order valence-electron chi connectivity index (χ0n) is 6.71. The first-order valence-electron chi connectivity index (χ1n) is 3.68. The molecule has 1 aromatic rings. The second-order valence-corrected chi connectivity index (χ2v) is 3.25. The first kappa shape index (κ1) is 10.2. The summed E-state index contributed by atoms with van der Waals surface area (Å²) < 4.78 is 12.6. The second kappa shape index (κ2) is 4.37. The van der Waals surface area contributed by atoms with E-state index in [0.717, 1.165) is 6.07 Å². The molecule has 0 radical (unpaired) electrons. The molecule has 0 amide bonds. The highest BCUT2D eigenvalue weighted by Gasteiger charge is 2.13. The molecule has 0 aliphatic rings. The Morgan fingerprint density at radius 1 is 1.62 bits per heavy atom. The minimum absolute atomic E-state index is 0.184. The monoisotopic (exact) mass is 246 g/mol. The Hall–Kier alpha value is -0.900. The van der Waals surface area contributed by atoms with Crippen LogP contribution in [0, 0.1) is 5.82 Å². The molecule has 0 aliphatic heterocycles. The fourth-order valence-electron chi connectivity index (χ4n) is 1.02. The van der Waals surface area contributed by atoms with Gasteiger partial charge >= 0.3 is 0 Å². The van der Waals surface area contributed by atoms with Gasteiger partial charge in [0.05, 0.1) is 5.92 Å². The van der Waals surface area contributed by atoms with Gasteiger partial charge in [0.2, 0.25) is 0 Å². The number of halogens is 2. The maximum Gasteiger partial charge on any atom is 0.128 e. The van der Waals surface area contributed by atoms with E-state index in [9.17, 15) is 14.3 Å². The molecule has 13 heavy (non-hydrogen) atoms. The van der Waals surface area contributed by atoms with Gasteiger partial charge in [0.25, 0.3) is 0 Å². The number of phenolic OH excluding ortho intramolecular Hbond substituents is 1. The SMILES string of the molecule is O=CC(CBr)c1ccc(F)cc1O. The minimum atomic E-state index is -0.513. The lowest BCUT2D eigenvalue weighted by atomic mass is 10.0. The number of alkyl halides is 1. The second-order valence-electron chi connectivity index (χ2n) is 2.60. The van der Waals surface area contributed by atoms with E-state index < -0.39 is 11.7 Å². The first-order valence-corrected chi connectivity index (χ1v) is 4.81. The third-order valence-corrected chi connectivity index (χ3v) is 2.42. The van der Waals surface area contributed by atoms with E-state index in [4.69, 9.17) is 0 Å². The summed E-state index contributed by atoms with van der Waals surface area (Å²) in [7, 11) is 0. The van der Waals surface area contributed by atoms with E-state index in [-0.39, 0.29) is 5.75 Å². The molecule has 0 saturated heterocycles. The lowest BCUT2D eigenvalue weighted by Crippen LogP contribution is -2.01. The van der Waals surface area contributed by atoms with Crippen LogP contribution in [0.4, 0.5) is 4.39 Å². The summed E-state index contributed by atoms with van der Waals surface area (Å²) in [6, 6.07) is 3.62. The van der Waals surface area contributed by atoms with Gasteiger partial charge in [-0.25, -0.2) is 4.39 Å². The average Bonchev–Trinajstić information content (AvgIpc) is 2.10. The smallest absolute Gasteiger partial charge is 0.128 e. The molecule has 1 N–H and O–H groups in total. The number of phenols is 1. The standard InChI is InChI=1S/C9H8BrFO2/c10-4-6(5-12)8-2-1-7(11)3-9(8)13/h1-3,5-6,13H,4H2. The minimum Gasteiger partial charge on any atom is -0.508 e. The van der Waals surface area contributed by atoms with E-state index in [2.05, 4.69) is 15.9 Å². The summed E-state index contributed by atoms with van der Waals surface area (Å²) in [6.07, 6.45) is 0.710. The van der Waals surface area contributed by atoms with Gasteiger partial charge in [-0.1, -0.05) is 22.0 Å². The Morgan fingerprint density at radius 2 is 2.31 bits per heavy atom. The predicted octanol–water partition coefficient (Wildman–Crippen LogP) is 2.21. The van der Waals surface area contributed by atoms with Crippen LogP contribution in [0.25, 0.3) is 0 Å². The molecule has 0 heterocycles. The van der Waals surface area contributed by atoms with Crippen LogP contribution in [-0.4, -0.2) is 16.7 Å². The van der Waals surface area contributed by atoms with Crippen LogP contribution in [0.1, 0.15) is 11.5 Å². The normalized spacial score (nSPS) is 12.5. The highest BCUT2D eigenvalue weighted by molar-refractivity contribution is 9.09. The Bertz CT molecular complexity index is 314. The summed E-state index contributed by atoms with van der Waals surface area (Å²) in [5, 5.41) is 9.72. The Morgan fingerprint density at radius 3 is 2.77 bits per heavy atom. The molecular weight excluding hydrogens is 239 g/mol. The Labute approximate surface area is 83.5 Å². The van der Waals surface area contributed by atoms with Crippen molar-refractivity contribution in [3.8, 4) is 5.75 Å². The predicted molar refractivity (Wildman–Crippen MR) is 50.7 cm³/mol. The molecule has 1 atom stereocenters. The Balaban J connectivity index is 3.06. The number of aldehydes is 1. The van der Waals surface area contributed by atoms with Crippen molar-refractivity contribution in [2.75, 3.05) is 5.33 Å². The molecule has 1 rings (SSSR count). The molecule has 0 saturated carbocycles. The molecule has 0 aliphatic carbocycles. The van der Waals surface area contributed by atoms with E-state index >= 15 is 0 Å². The van der Waals surface area contributed by atoms with Gasteiger partial charge in [0.15, 0.2) is 0 Å². The summed E-state index contributed by atoms with van der Waals surface area (Å²) >= 11 is 3.13. The van der Waals surface area contributed by atoms with Gasteiger partial charge in [0.1, 0.15) is 17.9 Å². The maximum absolute atomic E-state index is 12.6. The van der Waals surface area contributed by atoms with E-state index in [0.29, 0.717) is 17.2 Å². The van der Waals surface area contributed by atoms with Crippen LogP contribution in [0.2, 0.25) is 0 Å². The van der Waals surface area contributed by atoms with Crippen LogP contribution >= 0.6 is 15.9 Å². The molecule has 4 heteroatoms. The zero-order chi connectivity index (χ0) is 9.84. The lowest BCUT2D eigenvalue weighted by molar-refractivity contribution is -0.108. The number of aromatic hydroxyl groups is 1. The highest BCUT2D eigenvalue weighted by atomic mass is 79.9. The van der Waals surface area contributed by atoms with Crippen molar-refractivity contribution in [3.63, 3.8) is 0 Å². The van der Waals surface area contributed by atoms with Crippen molar-refractivity contribution < 1.29 is 14.3 Å². The summed E-state index contributed by atoms with van der Waals surface area (Å²) in [5.41, 5.74) is 0.438. The number of carbonyl (C=O) groups excluding carboxylic acids is 1. The van der Waals surface area contributed by atoms with Crippen LogP contribution in [0.15, 0.2) is 18.2 Å². The number of hydrogen-bond acceptors (Lipinski definition) is 2. The molecule has 1 unspecified atom stereocenters. The van der Waals surface area contributed by atoms with Gasteiger partial charge in [-0.05, 0) is 6.07 Å². The van der Waals surface area contributed by atoms with Crippen molar-refractivity contribution >= 4 is 22.2 Å². The van der Waals surface area contributed by atoms with Crippen molar-refractivity contribution in [1.29, 1.82) is 0 Å². The van der Waals surface area contributed by atoms with E-state index in [1.807, 2.05) is 0 Å². The zero-order valence-corrected chi connectivity index (χ0v) is 8.29. The molecule has 1 aromatic carbocycles. The van der Waals surface area contributed by atoms with Crippen LogP contribution in [-0.2, 0) is 4.79 Å². The van der Waals surface area contributed by atoms with Crippen molar-refractivity contribution in [2.45, 2.75) is 5.92 Å². The fourth-order valence-corrected chi connectivity index (χ4v) is 1.52. The quantitative estimate of drug-likeness (QED) is 0.656. The van der Waals surface area contributed by atoms with E-state index in [1.54, 1.807) is 0 Å². The fraction of sp³-hybridized carbons (Fsp3) is 0.222. The largest absolute Gasteiger partial charge is 0.508 e. The summed E-state index contributed by atoms with van der Waals surface area (Å²) in [4.78, 5) is 10.5. The topological polar surface area (TPSA) is 37.3 Å². The van der Waals surface area contributed by atoms with Crippen LogP contribution in [0.5, 0.6) is 5.75 Å². The molecule has 0 spiro atoms. The van der Waals surface area contributed by atoms with Gasteiger partial charge in [0, 0.05) is 17.0 Å². The highest BCUT2D eigenvalue weighted by Crippen LogP contribution is 2.26. The summed E-state index contributed by atoms with van der Waals surface area (Å²) in [6.45, 7) is 0. The van der Waals surface area contributed by atoms with Gasteiger partial charge in [-0.2, -0.15) is 0 Å². The van der Waals surface area contributed by atoms with Crippen molar-refractivity contribution in [1.82, 2.24) is 0 Å². The molecule has 0 aromatic heterocycles. The number of rotatable bonds is 3. The van der Waals surface area contributed by atoms with Gasteiger partial charge in [-0.15, -0.1) is 0 Å². The number of carbonyl (C=O) groups is 1. The number of hydrogen-bond donors (Lipinski definition) is 1. The molecular formula is C9H8BrFO2. The molecule has 0 fully saturated rings. The summed E-state index contributed by atoms with van der Waals surface area (Å²) in [5.74, 6) is -1.13. The van der Waals surface area contributed by atoms with Crippen LogP contribution < -0.4 is 0 Å². The third-order valence-electron chi connectivity index (χ3n) is 1.72. The molecule has 2 nitrogen and oxygen atoms in total. The van der Waals surface area contributed by atoms with Gasteiger partial charge < -0.3 is 9.90 Å². The van der Waals surface area contributed by atoms with Crippen molar-refractivity contribution in [3.05, 3.63) is 29.6 Å². The third kappa shape index (κ3) is 2.28. The first-order chi connectivity index (χ1) is 6.19. The lowest BCUT2D eigenvalue weighted by Gasteiger charge is -2.08. The van der Waals surface area contributed by atoms with Gasteiger partial charge in [-0.3, -0.25) is 0 Å². The van der Waals surface area contributed by atoms with Crippen molar-refractivity contribution in [2.24, 2.45) is 0 Å². The molecule has 70 valence electrons. The Kier molecular flexibility index (Phi) is 3.42.